The van der Waals surface area contributed by atoms with Crippen LogP contribution in [0.1, 0.15) is 26.5 Å². The summed E-state index contributed by atoms with van der Waals surface area (Å²) in [5.41, 5.74) is 1.15. The molecule has 0 aliphatic carbocycles. The molecular weight excluding hydrogens is 504 g/mol. The van der Waals surface area contributed by atoms with Gasteiger partial charge in [0.25, 0.3) is 0 Å². The minimum absolute atomic E-state index is 0.0896. The molecule has 1 aromatic heterocycles. The maximum atomic E-state index is 12.5. The lowest BCUT2D eigenvalue weighted by Gasteiger charge is -2.31. The van der Waals surface area contributed by atoms with Crippen LogP contribution in [0.2, 0.25) is 10.0 Å². The fourth-order valence-corrected chi connectivity index (χ4v) is 4.46. The number of rotatable bonds is 2. The number of aromatic nitrogens is 1. The van der Waals surface area contributed by atoms with Crippen LogP contribution in [0.15, 0.2) is 6.07 Å². The van der Waals surface area contributed by atoms with E-state index in [0.717, 1.165) is 20.2 Å². The monoisotopic (exact) mass is 521 g/mol. The predicted octanol–water partition coefficient (Wildman–Crippen LogP) is 5.21. The SMILES string of the molecule is CC(C)(C)OC(=O)N1CCn2c(c(I)c3c(OCC#N)cc(Cl)c(Cl)c32)C1. The highest BCUT2D eigenvalue weighted by molar-refractivity contribution is 14.1. The van der Waals surface area contributed by atoms with Crippen LogP contribution in [-0.2, 0) is 17.8 Å². The van der Waals surface area contributed by atoms with Gasteiger partial charge in [-0.3, -0.25) is 0 Å². The summed E-state index contributed by atoms with van der Waals surface area (Å²) in [6, 6.07) is 3.59. The number of fused-ring (bicyclic) bond motifs is 3. The van der Waals surface area contributed by atoms with Crippen molar-refractivity contribution >= 4 is 62.8 Å². The Morgan fingerprint density at radius 3 is 2.70 bits per heavy atom. The highest BCUT2D eigenvalue weighted by Crippen LogP contribution is 2.43. The number of nitriles is 1. The molecule has 27 heavy (non-hydrogen) atoms. The molecule has 0 saturated heterocycles. The summed E-state index contributed by atoms with van der Waals surface area (Å²) >= 11 is 15.0. The molecule has 1 aliphatic rings. The zero-order valence-electron chi connectivity index (χ0n) is 15.1. The molecule has 1 aliphatic heterocycles. The molecule has 0 spiro atoms. The van der Waals surface area contributed by atoms with Crippen molar-refractivity contribution in [3.63, 3.8) is 0 Å². The fraction of sp³-hybridized carbons (Fsp3) is 0.444. The topological polar surface area (TPSA) is 67.5 Å². The smallest absolute Gasteiger partial charge is 0.410 e. The van der Waals surface area contributed by atoms with Crippen LogP contribution in [0.25, 0.3) is 10.9 Å². The molecule has 144 valence electrons. The van der Waals surface area contributed by atoms with Crippen molar-refractivity contribution in [3.8, 4) is 11.8 Å². The number of hydrogen-bond donors (Lipinski definition) is 0. The van der Waals surface area contributed by atoms with E-state index in [9.17, 15) is 4.79 Å². The molecule has 0 radical (unpaired) electrons. The third-order valence-corrected chi connectivity index (χ3v) is 6.04. The number of halogens is 3. The van der Waals surface area contributed by atoms with Crippen molar-refractivity contribution in [1.82, 2.24) is 9.47 Å². The third-order valence-electron chi connectivity index (χ3n) is 4.11. The van der Waals surface area contributed by atoms with Crippen LogP contribution >= 0.6 is 45.8 Å². The maximum absolute atomic E-state index is 12.5. The van der Waals surface area contributed by atoms with E-state index in [-0.39, 0.29) is 12.7 Å². The quantitative estimate of drug-likeness (QED) is 0.509. The molecule has 2 heterocycles. The van der Waals surface area contributed by atoms with E-state index in [1.54, 1.807) is 11.0 Å². The van der Waals surface area contributed by atoms with E-state index in [0.29, 0.717) is 35.4 Å². The number of hydrogen-bond acceptors (Lipinski definition) is 4. The van der Waals surface area contributed by atoms with Gasteiger partial charge in [0.2, 0.25) is 0 Å². The van der Waals surface area contributed by atoms with Crippen LogP contribution < -0.4 is 4.74 Å². The molecule has 6 nitrogen and oxygen atoms in total. The number of carbonyl (C=O) groups is 1. The summed E-state index contributed by atoms with van der Waals surface area (Å²) in [4.78, 5) is 14.1. The van der Waals surface area contributed by atoms with Crippen molar-refractivity contribution in [1.29, 1.82) is 5.26 Å². The van der Waals surface area contributed by atoms with Crippen molar-refractivity contribution in [3.05, 3.63) is 25.4 Å². The van der Waals surface area contributed by atoms with Crippen LogP contribution in [0.4, 0.5) is 4.79 Å². The van der Waals surface area contributed by atoms with Crippen molar-refractivity contribution < 1.29 is 14.3 Å². The second-order valence-corrected chi connectivity index (χ2v) is 9.02. The van der Waals surface area contributed by atoms with E-state index in [1.807, 2.05) is 26.8 Å². The number of nitrogens with zero attached hydrogens (tertiary/aromatic N) is 3. The van der Waals surface area contributed by atoms with Gasteiger partial charge in [-0.2, -0.15) is 5.26 Å². The highest BCUT2D eigenvalue weighted by Gasteiger charge is 2.31. The fourth-order valence-electron chi connectivity index (χ4n) is 3.04. The zero-order valence-corrected chi connectivity index (χ0v) is 18.8. The first-order chi connectivity index (χ1) is 12.6. The average Bonchev–Trinajstić information content (AvgIpc) is 2.88. The molecule has 0 bridgehead atoms. The second kappa shape index (κ2) is 7.57. The van der Waals surface area contributed by atoms with Gasteiger partial charge >= 0.3 is 6.09 Å². The van der Waals surface area contributed by atoms with Crippen LogP contribution in [0.5, 0.6) is 5.75 Å². The lowest BCUT2D eigenvalue weighted by Crippen LogP contribution is -2.41. The predicted molar refractivity (Wildman–Crippen MR) is 112 cm³/mol. The van der Waals surface area contributed by atoms with Gasteiger partial charge in [-0.1, -0.05) is 23.2 Å². The van der Waals surface area contributed by atoms with Gasteiger partial charge in [-0.25, -0.2) is 4.79 Å². The van der Waals surface area contributed by atoms with E-state index in [1.165, 1.54) is 0 Å². The first-order valence-corrected chi connectivity index (χ1v) is 10.1. The Kier molecular flexibility index (Phi) is 5.71. The molecule has 0 N–H and O–H groups in total. The van der Waals surface area contributed by atoms with Gasteiger partial charge in [0.1, 0.15) is 17.4 Å². The number of ether oxygens (including phenoxy) is 2. The summed E-state index contributed by atoms with van der Waals surface area (Å²) in [6.45, 7) is 6.90. The molecule has 9 heteroatoms. The number of carbonyl (C=O) groups excluding carboxylic acids is 1. The van der Waals surface area contributed by atoms with Gasteiger partial charge < -0.3 is 18.9 Å². The lowest BCUT2D eigenvalue weighted by molar-refractivity contribution is 0.0200. The molecule has 1 amide bonds. The average molecular weight is 522 g/mol. The van der Waals surface area contributed by atoms with Crippen molar-refractivity contribution in [2.24, 2.45) is 0 Å². The standard InChI is InChI=1S/C18H18Cl2IN3O3/c1-18(2,3)27-17(25)23-5-6-24-11(9-23)15(21)13-12(26-7-4-22)8-10(19)14(20)16(13)24/h8H,5-7,9H2,1-3H3. The molecule has 1 aromatic carbocycles. The second-order valence-electron chi connectivity index (χ2n) is 7.16. The zero-order chi connectivity index (χ0) is 19.9. The van der Waals surface area contributed by atoms with Gasteiger partial charge in [0.05, 0.1) is 33.2 Å². The summed E-state index contributed by atoms with van der Waals surface area (Å²) in [6.07, 6.45) is -0.347. The van der Waals surface area contributed by atoms with Gasteiger partial charge in [0.15, 0.2) is 6.61 Å². The largest absolute Gasteiger partial charge is 0.478 e. The Morgan fingerprint density at radius 2 is 2.07 bits per heavy atom. The Labute approximate surface area is 181 Å². The first-order valence-electron chi connectivity index (χ1n) is 8.30. The molecule has 0 atom stereocenters. The minimum Gasteiger partial charge on any atom is -0.478 e. The Hall–Kier alpha value is -1.37. The first kappa shape index (κ1) is 20.4. The molecular formula is C18H18Cl2IN3O3. The van der Waals surface area contributed by atoms with Crippen molar-refractivity contribution in [2.45, 2.75) is 39.5 Å². The number of amides is 1. The molecule has 3 rings (SSSR count). The summed E-state index contributed by atoms with van der Waals surface area (Å²) in [5.74, 6) is 0.510. The molecule has 0 unspecified atom stereocenters. The van der Waals surface area contributed by atoms with Crippen LogP contribution in [0, 0.1) is 14.9 Å². The lowest BCUT2D eigenvalue weighted by atomic mass is 10.2. The van der Waals surface area contributed by atoms with E-state index in [4.69, 9.17) is 37.9 Å². The van der Waals surface area contributed by atoms with E-state index < -0.39 is 5.60 Å². The third kappa shape index (κ3) is 3.93. The highest BCUT2D eigenvalue weighted by atomic mass is 127. The summed E-state index contributed by atoms with van der Waals surface area (Å²) in [5, 5.41) is 10.5. The van der Waals surface area contributed by atoms with Gasteiger partial charge in [-0.05, 0) is 43.4 Å². The maximum Gasteiger partial charge on any atom is 0.410 e. The van der Waals surface area contributed by atoms with Gasteiger partial charge in [0, 0.05) is 22.7 Å². The van der Waals surface area contributed by atoms with E-state index >= 15 is 0 Å². The van der Waals surface area contributed by atoms with Crippen LogP contribution in [-0.4, -0.2) is 34.3 Å². The normalized spacial score (nSPS) is 14.0. The minimum atomic E-state index is -0.552. The Bertz CT molecular complexity index is 960. The number of benzene rings is 1. The van der Waals surface area contributed by atoms with Crippen molar-refractivity contribution in [2.75, 3.05) is 13.2 Å². The Balaban J connectivity index is 2.06. The Morgan fingerprint density at radius 1 is 1.37 bits per heavy atom. The van der Waals surface area contributed by atoms with Crippen LogP contribution in [0.3, 0.4) is 0 Å². The summed E-state index contributed by atoms with van der Waals surface area (Å²) in [7, 11) is 0. The molecule has 2 aromatic rings. The van der Waals surface area contributed by atoms with Gasteiger partial charge in [-0.15, -0.1) is 0 Å². The molecule has 0 fully saturated rings. The molecule has 0 saturated carbocycles. The van der Waals surface area contributed by atoms with E-state index in [2.05, 4.69) is 27.2 Å². The summed E-state index contributed by atoms with van der Waals surface area (Å²) < 4.78 is 14.0.